The Morgan fingerprint density at radius 1 is 0.872 bits per heavy atom. The minimum absolute atomic E-state index is 0.0406. The first kappa shape index (κ1) is 27.7. The van der Waals surface area contributed by atoms with E-state index in [2.05, 4.69) is 0 Å². The van der Waals surface area contributed by atoms with Crippen LogP contribution in [0.2, 0.25) is 0 Å². The molecule has 0 aliphatic rings. The minimum atomic E-state index is -1.32. The van der Waals surface area contributed by atoms with Crippen LogP contribution in [-0.4, -0.2) is 27.4 Å². The molecule has 0 amide bonds. The number of carboxylic acid groups (broad SMARTS) is 1. The first-order chi connectivity index (χ1) is 18.8. The van der Waals surface area contributed by atoms with E-state index >= 15 is 0 Å². The zero-order chi connectivity index (χ0) is 27.9. The molecule has 39 heavy (non-hydrogen) atoms. The number of nitrogens with zero attached hydrogens (tertiary/aromatic N) is 1. The number of hydrogen-bond acceptors (Lipinski definition) is 5. The van der Waals surface area contributed by atoms with Crippen molar-refractivity contribution in [1.82, 2.24) is 4.57 Å². The van der Waals surface area contributed by atoms with Crippen molar-refractivity contribution >= 4 is 5.97 Å². The van der Waals surface area contributed by atoms with Crippen LogP contribution in [0.3, 0.4) is 0 Å². The van der Waals surface area contributed by atoms with Crippen molar-refractivity contribution in [2.45, 2.75) is 40.0 Å². The van der Waals surface area contributed by atoms with Gasteiger partial charge in [-0.05, 0) is 35.6 Å². The van der Waals surface area contributed by atoms with Gasteiger partial charge >= 0.3 is 5.97 Å². The van der Waals surface area contributed by atoms with Crippen LogP contribution in [0.4, 0.5) is 0 Å². The van der Waals surface area contributed by atoms with Crippen molar-refractivity contribution in [3.63, 3.8) is 0 Å². The summed E-state index contributed by atoms with van der Waals surface area (Å²) < 4.78 is 14.1. The summed E-state index contributed by atoms with van der Waals surface area (Å²) in [6.45, 7) is 6.19. The van der Waals surface area contributed by atoms with Crippen LogP contribution in [-0.2, 0) is 13.2 Å². The Hall–Kier alpha value is -4.36. The average Bonchev–Trinajstić information content (AvgIpc) is 2.93. The SMILES string of the molecule is Cc1cc(-c2cc(=O)c(C(=O)O)cn2[C@@H](CO)C(C)C)c(OCc2ccccc2)cc1OCc1ccccc1. The van der Waals surface area contributed by atoms with Gasteiger partial charge in [-0.15, -0.1) is 0 Å². The molecule has 1 heterocycles. The van der Waals surface area contributed by atoms with Crippen LogP contribution < -0.4 is 14.9 Å². The first-order valence-corrected chi connectivity index (χ1v) is 12.9. The number of aryl methyl sites for hydroxylation is 1. The van der Waals surface area contributed by atoms with Gasteiger partial charge in [0.2, 0.25) is 0 Å². The highest BCUT2D eigenvalue weighted by Gasteiger charge is 2.24. The molecule has 7 nitrogen and oxygen atoms in total. The summed E-state index contributed by atoms with van der Waals surface area (Å²) in [5, 5.41) is 19.8. The van der Waals surface area contributed by atoms with Gasteiger partial charge in [0.15, 0.2) is 5.43 Å². The fourth-order valence-corrected chi connectivity index (χ4v) is 4.44. The zero-order valence-electron chi connectivity index (χ0n) is 22.3. The van der Waals surface area contributed by atoms with E-state index in [4.69, 9.17) is 9.47 Å². The number of aromatic nitrogens is 1. The van der Waals surface area contributed by atoms with E-state index < -0.39 is 17.4 Å². The molecule has 0 bridgehead atoms. The molecule has 4 rings (SSSR count). The topological polar surface area (TPSA) is 98.0 Å². The van der Waals surface area contributed by atoms with E-state index in [-0.39, 0.29) is 24.7 Å². The van der Waals surface area contributed by atoms with Crippen molar-refractivity contribution in [1.29, 1.82) is 0 Å². The number of pyridine rings is 1. The number of benzene rings is 3. The van der Waals surface area contributed by atoms with Crippen LogP contribution in [0.5, 0.6) is 11.5 Å². The van der Waals surface area contributed by atoms with Crippen LogP contribution in [0, 0.1) is 12.8 Å². The van der Waals surface area contributed by atoms with Crippen LogP contribution >= 0.6 is 0 Å². The van der Waals surface area contributed by atoms with Gasteiger partial charge < -0.3 is 24.3 Å². The molecule has 1 aromatic heterocycles. The maximum Gasteiger partial charge on any atom is 0.341 e. The van der Waals surface area contributed by atoms with E-state index in [1.165, 1.54) is 12.3 Å². The molecule has 0 aliphatic carbocycles. The molecule has 0 fully saturated rings. The third-order valence-electron chi connectivity index (χ3n) is 6.65. The van der Waals surface area contributed by atoms with Gasteiger partial charge in [-0.2, -0.15) is 0 Å². The number of ether oxygens (including phenoxy) is 2. The number of aliphatic hydroxyl groups excluding tert-OH is 1. The maximum absolute atomic E-state index is 12.9. The van der Waals surface area contributed by atoms with Crippen LogP contribution in [0.15, 0.2) is 89.9 Å². The fraction of sp³-hybridized carbons (Fsp3) is 0.250. The summed E-state index contributed by atoms with van der Waals surface area (Å²) in [4.78, 5) is 24.7. The standard InChI is InChI=1S/C32H33NO6/c1-21(2)28(18-34)33-17-26(32(36)37)29(35)15-27(33)25-14-22(3)30(38-19-23-10-6-4-7-11-23)16-31(25)39-20-24-12-8-5-9-13-24/h4-17,21,28,34H,18-20H2,1-3H3,(H,36,37)/t28-/m0/s1. The van der Waals surface area contributed by atoms with Gasteiger partial charge in [-0.1, -0.05) is 74.5 Å². The zero-order valence-corrected chi connectivity index (χ0v) is 22.3. The third-order valence-corrected chi connectivity index (χ3v) is 6.65. The molecule has 0 saturated carbocycles. The number of carbonyl (C=O) groups is 1. The predicted octanol–water partition coefficient (Wildman–Crippen LogP) is 5.87. The first-order valence-electron chi connectivity index (χ1n) is 12.9. The van der Waals surface area contributed by atoms with Crippen molar-refractivity contribution in [2.75, 3.05) is 6.61 Å². The number of aromatic carboxylic acids is 1. The number of rotatable bonds is 11. The Balaban J connectivity index is 1.85. The quantitative estimate of drug-likeness (QED) is 0.253. The van der Waals surface area contributed by atoms with Gasteiger partial charge in [0.1, 0.15) is 30.3 Å². The van der Waals surface area contributed by atoms with Crippen molar-refractivity contribution in [2.24, 2.45) is 5.92 Å². The lowest BCUT2D eigenvalue weighted by Crippen LogP contribution is -2.26. The van der Waals surface area contributed by atoms with Crippen LogP contribution in [0.1, 0.15) is 46.9 Å². The fourth-order valence-electron chi connectivity index (χ4n) is 4.44. The number of carboxylic acids is 1. The minimum Gasteiger partial charge on any atom is -0.488 e. The second-order valence-electron chi connectivity index (χ2n) is 9.81. The van der Waals surface area contributed by atoms with Gasteiger partial charge in [0.05, 0.1) is 18.3 Å². The van der Waals surface area contributed by atoms with Gasteiger partial charge in [0, 0.05) is 23.9 Å². The molecule has 202 valence electrons. The molecule has 0 unspecified atom stereocenters. The van der Waals surface area contributed by atoms with E-state index in [1.807, 2.05) is 87.5 Å². The second kappa shape index (κ2) is 12.5. The molecule has 2 N–H and O–H groups in total. The van der Waals surface area contributed by atoms with Gasteiger partial charge in [0.25, 0.3) is 0 Å². The molecule has 1 atom stereocenters. The van der Waals surface area contributed by atoms with E-state index in [0.717, 1.165) is 16.7 Å². The van der Waals surface area contributed by atoms with E-state index in [9.17, 15) is 19.8 Å². The number of hydrogen-bond donors (Lipinski definition) is 2. The molecule has 0 saturated heterocycles. The largest absolute Gasteiger partial charge is 0.488 e. The van der Waals surface area contributed by atoms with Crippen molar-refractivity contribution in [3.8, 4) is 22.8 Å². The van der Waals surface area contributed by atoms with E-state index in [1.54, 1.807) is 10.6 Å². The highest BCUT2D eigenvalue weighted by molar-refractivity contribution is 5.87. The second-order valence-corrected chi connectivity index (χ2v) is 9.81. The molecule has 0 radical (unpaired) electrons. The lowest BCUT2D eigenvalue weighted by atomic mass is 10.00. The molecule has 7 heteroatoms. The Kier molecular flexibility index (Phi) is 8.84. The summed E-state index contributed by atoms with van der Waals surface area (Å²) in [5.74, 6) is -0.253. The van der Waals surface area contributed by atoms with Crippen molar-refractivity contribution in [3.05, 3.63) is 118 Å². The Morgan fingerprint density at radius 2 is 1.44 bits per heavy atom. The molecular formula is C32H33NO6. The lowest BCUT2D eigenvalue weighted by molar-refractivity contribution is 0.0693. The average molecular weight is 528 g/mol. The van der Waals surface area contributed by atoms with E-state index in [0.29, 0.717) is 29.4 Å². The molecule has 0 spiro atoms. The summed E-state index contributed by atoms with van der Waals surface area (Å²) in [6, 6.07) is 24.1. The normalized spacial score (nSPS) is 11.8. The van der Waals surface area contributed by atoms with Gasteiger partial charge in [-0.3, -0.25) is 4.79 Å². The summed E-state index contributed by atoms with van der Waals surface area (Å²) in [6.07, 6.45) is 1.32. The Morgan fingerprint density at radius 3 is 1.95 bits per heavy atom. The molecule has 0 aliphatic heterocycles. The Bertz CT molecular complexity index is 1480. The van der Waals surface area contributed by atoms with Gasteiger partial charge in [-0.25, -0.2) is 4.79 Å². The molecule has 3 aromatic carbocycles. The van der Waals surface area contributed by atoms with Crippen LogP contribution in [0.25, 0.3) is 11.3 Å². The predicted molar refractivity (Wildman–Crippen MR) is 150 cm³/mol. The molecule has 4 aromatic rings. The number of aliphatic hydroxyl groups is 1. The highest BCUT2D eigenvalue weighted by Crippen LogP contribution is 2.38. The third kappa shape index (κ3) is 6.56. The highest BCUT2D eigenvalue weighted by atomic mass is 16.5. The van der Waals surface area contributed by atoms with Crippen molar-refractivity contribution < 1.29 is 24.5 Å². The Labute approximate surface area is 227 Å². The summed E-state index contributed by atoms with van der Waals surface area (Å²) >= 11 is 0. The molecular weight excluding hydrogens is 494 g/mol. The smallest absolute Gasteiger partial charge is 0.341 e. The maximum atomic E-state index is 12.9. The monoisotopic (exact) mass is 527 g/mol. The summed E-state index contributed by atoms with van der Waals surface area (Å²) in [5.41, 5.74) is 2.88. The lowest BCUT2D eigenvalue weighted by Gasteiger charge is -2.27. The summed E-state index contributed by atoms with van der Waals surface area (Å²) in [7, 11) is 0.